The zero-order valence-corrected chi connectivity index (χ0v) is 21.0. The molecule has 36 heavy (non-hydrogen) atoms. The van der Waals surface area contributed by atoms with E-state index >= 15 is 0 Å². The average molecular weight is 499 g/mol. The van der Waals surface area contributed by atoms with E-state index in [9.17, 15) is 4.79 Å². The summed E-state index contributed by atoms with van der Waals surface area (Å²) in [6, 6.07) is 28.6. The van der Waals surface area contributed by atoms with Crippen LogP contribution in [0.15, 0.2) is 84.9 Å². The second-order valence-corrected chi connectivity index (χ2v) is 9.88. The predicted molar refractivity (Wildman–Crippen MR) is 142 cm³/mol. The van der Waals surface area contributed by atoms with E-state index in [4.69, 9.17) is 4.74 Å². The lowest BCUT2D eigenvalue weighted by atomic mass is 10.0. The molecule has 6 nitrogen and oxygen atoms in total. The number of hydrogen-bond acceptors (Lipinski definition) is 6. The van der Waals surface area contributed by atoms with Crippen molar-refractivity contribution in [3.8, 4) is 10.9 Å². The standard InChI is InChI=1S/C29H30N4O2S/c34-28(30-25-15-17-33(18-16-25)21-24-9-5-2-6-10-24)20-23-11-13-26(14-12-23)35-29-31-27(32-36-29)19-22-7-3-1-4-8-22/h1-14,25H,15-21H2,(H,30,34). The number of piperidine rings is 1. The minimum atomic E-state index is 0.0693. The van der Waals surface area contributed by atoms with Crippen LogP contribution in [-0.2, 0) is 24.2 Å². The van der Waals surface area contributed by atoms with Gasteiger partial charge in [-0.15, -0.1) is 0 Å². The summed E-state index contributed by atoms with van der Waals surface area (Å²) < 4.78 is 10.3. The van der Waals surface area contributed by atoms with Crippen LogP contribution >= 0.6 is 11.5 Å². The third-order valence-corrected chi connectivity index (χ3v) is 6.98. The van der Waals surface area contributed by atoms with Gasteiger partial charge in [0.2, 0.25) is 5.91 Å². The molecule has 1 aromatic heterocycles. The lowest BCUT2D eigenvalue weighted by Gasteiger charge is -2.32. The zero-order chi connectivity index (χ0) is 24.6. The summed E-state index contributed by atoms with van der Waals surface area (Å²) >= 11 is 1.25. The summed E-state index contributed by atoms with van der Waals surface area (Å²) in [4.78, 5) is 19.5. The van der Waals surface area contributed by atoms with Crippen LogP contribution in [0.2, 0.25) is 0 Å². The monoisotopic (exact) mass is 498 g/mol. The molecule has 1 aliphatic rings. The van der Waals surface area contributed by atoms with Crippen molar-refractivity contribution in [1.29, 1.82) is 0 Å². The topological polar surface area (TPSA) is 67.3 Å². The van der Waals surface area contributed by atoms with E-state index in [0.29, 0.717) is 23.8 Å². The fourth-order valence-electron chi connectivity index (χ4n) is 4.45. The van der Waals surface area contributed by atoms with Crippen LogP contribution in [0.1, 0.15) is 35.4 Å². The van der Waals surface area contributed by atoms with E-state index in [1.165, 1.54) is 22.7 Å². The maximum Gasteiger partial charge on any atom is 0.298 e. The second kappa shape index (κ2) is 11.9. The summed E-state index contributed by atoms with van der Waals surface area (Å²) in [6.07, 6.45) is 3.02. The third-order valence-electron chi connectivity index (χ3n) is 6.35. The Labute approximate surface area is 216 Å². The molecule has 1 fully saturated rings. The van der Waals surface area contributed by atoms with Gasteiger partial charge in [0.25, 0.3) is 5.19 Å². The first-order chi connectivity index (χ1) is 17.7. The van der Waals surface area contributed by atoms with Crippen molar-refractivity contribution in [3.05, 3.63) is 107 Å². The molecule has 1 amide bonds. The van der Waals surface area contributed by atoms with E-state index in [0.717, 1.165) is 43.9 Å². The summed E-state index contributed by atoms with van der Waals surface area (Å²) in [5.41, 5.74) is 3.47. The van der Waals surface area contributed by atoms with Gasteiger partial charge in [-0.1, -0.05) is 72.8 Å². The maximum absolute atomic E-state index is 12.6. The molecule has 0 radical (unpaired) electrons. The van der Waals surface area contributed by atoms with Crippen LogP contribution in [0.5, 0.6) is 10.9 Å². The Balaban J connectivity index is 1.05. The van der Waals surface area contributed by atoms with Gasteiger partial charge in [0.15, 0.2) is 5.82 Å². The highest BCUT2D eigenvalue weighted by atomic mass is 32.1. The molecule has 184 valence electrons. The number of amides is 1. The summed E-state index contributed by atoms with van der Waals surface area (Å²) in [5.74, 6) is 1.51. The summed E-state index contributed by atoms with van der Waals surface area (Å²) in [7, 11) is 0. The second-order valence-electron chi connectivity index (χ2n) is 9.17. The Morgan fingerprint density at radius 1 is 0.889 bits per heavy atom. The molecule has 1 aliphatic heterocycles. The van der Waals surface area contributed by atoms with Crippen molar-refractivity contribution in [3.63, 3.8) is 0 Å². The van der Waals surface area contributed by atoms with Gasteiger partial charge >= 0.3 is 0 Å². The van der Waals surface area contributed by atoms with E-state index in [1.807, 2.05) is 48.5 Å². The number of nitrogens with zero attached hydrogens (tertiary/aromatic N) is 3. The van der Waals surface area contributed by atoms with Gasteiger partial charge in [0.05, 0.1) is 6.42 Å². The summed E-state index contributed by atoms with van der Waals surface area (Å²) in [5, 5.41) is 3.73. The third kappa shape index (κ3) is 6.99. The molecule has 0 unspecified atom stereocenters. The van der Waals surface area contributed by atoms with Crippen molar-refractivity contribution in [2.75, 3.05) is 13.1 Å². The van der Waals surface area contributed by atoms with Gasteiger partial charge < -0.3 is 10.1 Å². The molecule has 3 aromatic carbocycles. The lowest BCUT2D eigenvalue weighted by molar-refractivity contribution is -0.121. The van der Waals surface area contributed by atoms with Crippen LogP contribution in [0.25, 0.3) is 0 Å². The smallest absolute Gasteiger partial charge is 0.298 e. The minimum Gasteiger partial charge on any atom is -0.430 e. The van der Waals surface area contributed by atoms with Crippen LogP contribution in [0.4, 0.5) is 0 Å². The zero-order valence-electron chi connectivity index (χ0n) is 20.2. The maximum atomic E-state index is 12.6. The van der Waals surface area contributed by atoms with Crippen molar-refractivity contribution in [2.24, 2.45) is 0 Å². The Bertz CT molecular complexity index is 1240. The van der Waals surface area contributed by atoms with Crippen molar-refractivity contribution in [1.82, 2.24) is 19.6 Å². The minimum absolute atomic E-state index is 0.0693. The summed E-state index contributed by atoms with van der Waals surface area (Å²) in [6.45, 7) is 2.98. The molecular weight excluding hydrogens is 468 g/mol. The number of nitrogens with one attached hydrogen (secondary N) is 1. The largest absolute Gasteiger partial charge is 0.430 e. The van der Waals surface area contributed by atoms with E-state index in [1.54, 1.807) is 0 Å². The molecule has 0 saturated carbocycles. The van der Waals surface area contributed by atoms with E-state index < -0.39 is 0 Å². The highest BCUT2D eigenvalue weighted by Crippen LogP contribution is 2.24. The van der Waals surface area contributed by atoms with Crippen molar-refractivity contribution in [2.45, 2.75) is 38.3 Å². The number of aromatic nitrogens is 2. The average Bonchev–Trinajstić information content (AvgIpc) is 3.34. The highest BCUT2D eigenvalue weighted by molar-refractivity contribution is 7.07. The fourth-order valence-corrected chi connectivity index (χ4v) is 5.02. The molecule has 2 heterocycles. The Morgan fingerprint density at radius 2 is 1.56 bits per heavy atom. The van der Waals surface area contributed by atoms with Gasteiger partial charge in [-0.25, -0.2) is 0 Å². The number of ether oxygens (including phenoxy) is 1. The lowest BCUT2D eigenvalue weighted by Crippen LogP contribution is -2.44. The molecule has 0 bridgehead atoms. The first-order valence-electron chi connectivity index (χ1n) is 12.4. The highest BCUT2D eigenvalue weighted by Gasteiger charge is 2.20. The normalized spacial score (nSPS) is 14.4. The van der Waals surface area contributed by atoms with Gasteiger partial charge in [0.1, 0.15) is 5.75 Å². The number of carbonyl (C=O) groups is 1. The first kappa shape index (κ1) is 24.2. The number of rotatable bonds is 9. The van der Waals surface area contributed by atoms with Gasteiger partial charge in [-0.2, -0.15) is 9.36 Å². The molecule has 5 rings (SSSR count). The molecule has 1 N–H and O–H groups in total. The Morgan fingerprint density at radius 3 is 2.25 bits per heavy atom. The van der Waals surface area contributed by atoms with Crippen LogP contribution in [0.3, 0.4) is 0 Å². The Hall–Kier alpha value is -3.55. The van der Waals surface area contributed by atoms with Crippen LogP contribution in [-0.4, -0.2) is 39.3 Å². The number of benzene rings is 3. The molecule has 4 aromatic rings. The molecule has 0 aliphatic carbocycles. The predicted octanol–water partition coefficient (Wildman–Crippen LogP) is 5.24. The van der Waals surface area contributed by atoms with Gasteiger partial charge in [-0.05, 0) is 41.7 Å². The SMILES string of the molecule is O=C(Cc1ccc(Oc2nc(Cc3ccccc3)ns2)cc1)NC1CCN(Cc2ccccc2)CC1. The van der Waals surface area contributed by atoms with E-state index in [-0.39, 0.29) is 11.9 Å². The number of hydrogen-bond donors (Lipinski definition) is 1. The quantitative estimate of drug-likeness (QED) is 0.342. The molecule has 0 spiro atoms. The Kier molecular flexibility index (Phi) is 8.00. The van der Waals surface area contributed by atoms with E-state index in [2.05, 4.69) is 56.0 Å². The molecular formula is C29H30N4O2S. The van der Waals surface area contributed by atoms with Gasteiger partial charge in [-0.3, -0.25) is 9.69 Å². The van der Waals surface area contributed by atoms with Gasteiger partial charge in [0, 0.05) is 43.6 Å². The number of carbonyl (C=O) groups excluding carboxylic acids is 1. The fraction of sp³-hybridized carbons (Fsp3) is 0.276. The molecule has 7 heteroatoms. The molecule has 1 saturated heterocycles. The number of likely N-dealkylation sites (tertiary alicyclic amines) is 1. The van der Waals surface area contributed by atoms with Crippen LogP contribution < -0.4 is 10.1 Å². The van der Waals surface area contributed by atoms with Crippen LogP contribution in [0, 0.1) is 0 Å². The molecule has 0 atom stereocenters. The van der Waals surface area contributed by atoms with Crippen molar-refractivity contribution < 1.29 is 9.53 Å². The first-order valence-corrected chi connectivity index (χ1v) is 13.2. The van der Waals surface area contributed by atoms with Crippen molar-refractivity contribution >= 4 is 17.4 Å².